The summed E-state index contributed by atoms with van der Waals surface area (Å²) >= 11 is 0. The van der Waals surface area contributed by atoms with Crippen molar-refractivity contribution in [3.63, 3.8) is 0 Å². The second-order valence-corrected chi connectivity index (χ2v) is 8.97. The molecule has 2 aromatic rings. The summed E-state index contributed by atoms with van der Waals surface area (Å²) in [4.78, 5) is 21.1. The summed E-state index contributed by atoms with van der Waals surface area (Å²) in [5, 5.41) is 4.15. The molecule has 1 fully saturated rings. The first-order valence-electron chi connectivity index (χ1n) is 8.85. The van der Waals surface area contributed by atoms with E-state index in [0.29, 0.717) is 11.6 Å². The zero-order valence-corrected chi connectivity index (χ0v) is 16.1. The number of sulfonamides is 1. The minimum Gasteiger partial charge on any atom is -0.351 e. The molecule has 1 aliphatic rings. The van der Waals surface area contributed by atoms with E-state index in [2.05, 4.69) is 20.0 Å². The van der Waals surface area contributed by atoms with Crippen LogP contribution in [0.2, 0.25) is 0 Å². The summed E-state index contributed by atoms with van der Waals surface area (Å²) in [5.41, 5.74) is 0.543. The van der Waals surface area contributed by atoms with Gasteiger partial charge in [-0.05, 0) is 45.6 Å². The second kappa shape index (κ2) is 7.32. The second-order valence-electron chi connectivity index (χ2n) is 7.19. The van der Waals surface area contributed by atoms with Crippen molar-refractivity contribution in [2.45, 2.75) is 57.7 Å². The van der Waals surface area contributed by atoms with Gasteiger partial charge in [-0.25, -0.2) is 18.1 Å². The molecule has 9 heteroatoms. The van der Waals surface area contributed by atoms with Crippen LogP contribution in [-0.2, 0) is 10.0 Å². The van der Waals surface area contributed by atoms with Crippen LogP contribution in [0.1, 0.15) is 45.6 Å². The van der Waals surface area contributed by atoms with E-state index < -0.39 is 10.0 Å². The largest absolute Gasteiger partial charge is 0.351 e. The first kappa shape index (κ1) is 18.8. The Hall–Kier alpha value is -2.00. The van der Waals surface area contributed by atoms with E-state index in [1.54, 1.807) is 16.8 Å². The Labute approximate surface area is 153 Å². The molecule has 0 atom stereocenters. The van der Waals surface area contributed by atoms with Crippen LogP contribution in [-0.4, -0.2) is 41.3 Å². The number of pyridine rings is 1. The lowest BCUT2D eigenvalue weighted by molar-refractivity contribution is 0.387. The van der Waals surface area contributed by atoms with E-state index in [1.165, 1.54) is 12.3 Å². The molecule has 2 heterocycles. The van der Waals surface area contributed by atoms with E-state index in [1.807, 2.05) is 13.8 Å². The number of anilines is 1. The summed E-state index contributed by atoms with van der Waals surface area (Å²) in [5.74, 6) is 0.497. The lowest BCUT2D eigenvalue weighted by atomic mass is 9.92. The van der Waals surface area contributed by atoms with Crippen LogP contribution in [0.25, 0.3) is 11.0 Å². The number of nitrogens with one attached hydrogen (secondary N) is 2. The van der Waals surface area contributed by atoms with Gasteiger partial charge in [-0.3, -0.25) is 9.36 Å². The highest BCUT2D eigenvalue weighted by Gasteiger charge is 2.23. The summed E-state index contributed by atoms with van der Waals surface area (Å²) < 4.78 is 27.0. The third-order valence-corrected chi connectivity index (χ3v) is 5.39. The smallest absolute Gasteiger partial charge is 0.252 e. The van der Waals surface area contributed by atoms with E-state index in [9.17, 15) is 13.2 Å². The molecule has 0 spiro atoms. The van der Waals surface area contributed by atoms with Crippen molar-refractivity contribution in [1.82, 2.24) is 19.3 Å². The number of fused-ring (bicyclic) bond motifs is 1. The molecule has 0 aromatic carbocycles. The van der Waals surface area contributed by atoms with Gasteiger partial charge in [0.05, 0.1) is 6.26 Å². The molecule has 8 nitrogen and oxygen atoms in total. The van der Waals surface area contributed by atoms with Crippen molar-refractivity contribution in [3.05, 3.63) is 28.7 Å². The molecule has 0 aliphatic heterocycles. The molecule has 1 saturated carbocycles. The molecule has 2 N–H and O–H groups in total. The summed E-state index contributed by atoms with van der Waals surface area (Å²) in [6.45, 7) is 3.90. The van der Waals surface area contributed by atoms with E-state index in [4.69, 9.17) is 0 Å². The van der Waals surface area contributed by atoms with Gasteiger partial charge in [-0.2, -0.15) is 4.98 Å². The van der Waals surface area contributed by atoms with Crippen molar-refractivity contribution in [2.24, 2.45) is 0 Å². The summed E-state index contributed by atoms with van der Waals surface area (Å²) in [6.07, 6.45) is 6.12. The topological polar surface area (TPSA) is 106 Å². The minimum absolute atomic E-state index is 0.00598. The predicted octanol–water partition coefficient (Wildman–Crippen LogP) is 1.64. The van der Waals surface area contributed by atoms with Gasteiger partial charge in [0.25, 0.3) is 5.56 Å². The van der Waals surface area contributed by atoms with Gasteiger partial charge in [0, 0.05) is 35.8 Å². The zero-order chi connectivity index (χ0) is 18.9. The fourth-order valence-corrected chi connectivity index (χ4v) is 4.29. The van der Waals surface area contributed by atoms with Crippen molar-refractivity contribution in [3.8, 4) is 0 Å². The number of aromatic nitrogens is 3. The molecule has 0 saturated heterocycles. The standard InChI is InChI=1S/C17H25N5O3S/c1-11(2)22-15(23)9-4-12-10-18-17(20-16(12)22)19-13-5-7-14(8-6-13)21-26(3,24)25/h4,9-11,13-14,21H,5-8H2,1-3H3,(H,18,19,20)/t13-,14-. The fraction of sp³-hybridized carbons (Fsp3) is 0.588. The molecule has 142 valence electrons. The van der Waals surface area contributed by atoms with Crippen molar-refractivity contribution in [1.29, 1.82) is 0 Å². The predicted molar refractivity (Wildman–Crippen MR) is 102 cm³/mol. The number of hydrogen-bond donors (Lipinski definition) is 2. The highest BCUT2D eigenvalue weighted by molar-refractivity contribution is 7.88. The van der Waals surface area contributed by atoms with Gasteiger partial charge in [-0.1, -0.05) is 0 Å². The number of nitrogens with zero attached hydrogens (tertiary/aromatic N) is 3. The zero-order valence-electron chi connectivity index (χ0n) is 15.3. The third kappa shape index (κ3) is 4.39. The molecular formula is C17H25N5O3S. The molecule has 26 heavy (non-hydrogen) atoms. The molecule has 3 rings (SSSR count). The Morgan fingerprint density at radius 1 is 1.15 bits per heavy atom. The van der Waals surface area contributed by atoms with E-state index in [-0.39, 0.29) is 23.7 Å². The Balaban J connectivity index is 1.74. The molecule has 0 unspecified atom stereocenters. The molecule has 2 aromatic heterocycles. The van der Waals surface area contributed by atoms with Gasteiger partial charge in [0.15, 0.2) is 0 Å². The summed E-state index contributed by atoms with van der Waals surface area (Å²) in [7, 11) is -3.17. The van der Waals surface area contributed by atoms with E-state index >= 15 is 0 Å². The van der Waals surface area contributed by atoms with Crippen molar-refractivity contribution < 1.29 is 8.42 Å². The average Bonchev–Trinajstić information content (AvgIpc) is 2.54. The quantitative estimate of drug-likeness (QED) is 0.818. The normalized spacial score (nSPS) is 21.2. The molecule has 0 amide bonds. The van der Waals surface area contributed by atoms with Gasteiger partial charge in [0.2, 0.25) is 16.0 Å². The van der Waals surface area contributed by atoms with Crippen LogP contribution in [0, 0.1) is 0 Å². The monoisotopic (exact) mass is 379 g/mol. The molecular weight excluding hydrogens is 354 g/mol. The van der Waals surface area contributed by atoms with Crippen LogP contribution < -0.4 is 15.6 Å². The maximum atomic E-state index is 12.2. The number of rotatable bonds is 5. The number of hydrogen-bond acceptors (Lipinski definition) is 6. The van der Waals surface area contributed by atoms with Crippen LogP contribution in [0.3, 0.4) is 0 Å². The SMILES string of the molecule is CC(C)n1c(=O)ccc2cnc(N[C@H]3CC[C@H](NS(C)(=O)=O)CC3)nc21. The van der Waals surface area contributed by atoms with E-state index in [0.717, 1.165) is 31.1 Å². The van der Waals surface area contributed by atoms with Crippen molar-refractivity contribution >= 4 is 27.0 Å². The lowest BCUT2D eigenvalue weighted by Gasteiger charge is -2.29. The maximum absolute atomic E-state index is 12.2. The Morgan fingerprint density at radius 3 is 2.42 bits per heavy atom. The van der Waals surface area contributed by atoms with Crippen LogP contribution in [0.15, 0.2) is 23.1 Å². The van der Waals surface area contributed by atoms with Crippen LogP contribution in [0.5, 0.6) is 0 Å². The molecule has 0 bridgehead atoms. The summed E-state index contributed by atoms with van der Waals surface area (Å²) in [6, 6.07) is 3.46. The van der Waals surface area contributed by atoms with Gasteiger partial charge in [-0.15, -0.1) is 0 Å². The lowest BCUT2D eigenvalue weighted by Crippen LogP contribution is -2.39. The maximum Gasteiger partial charge on any atom is 0.252 e. The van der Waals surface area contributed by atoms with Gasteiger partial charge in [0.1, 0.15) is 5.65 Å². The molecule has 0 radical (unpaired) electrons. The van der Waals surface area contributed by atoms with Gasteiger partial charge >= 0.3 is 0 Å². The third-order valence-electron chi connectivity index (χ3n) is 4.62. The Morgan fingerprint density at radius 2 is 1.81 bits per heavy atom. The average molecular weight is 379 g/mol. The Bertz CT molecular complexity index is 947. The van der Waals surface area contributed by atoms with Gasteiger partial charge < -0.3 is 5.32 Å². The molecule has 1 aliphatic carbocycles. The highest BCUT2D eigenvalue weighted by Crippen LogP contribution is 2.22. The van der Waals surface area contributed by atoms with Crippen LogP contribution >= 0.6 is 0 Å². The highest BCUT2D eigenvalue weighted by atomic mass is 32.2. The van der Waals surface area contributed by atoms with Crippen LogP contribution in [0.4, 0.5) is 5.95 Å². The Kier molecular flexibility index (Phi) is 5.29. The first-order chi connectivity index (χ1) is 12.2. The fourth-order valence-electron chi connectivity index (χ4n) is 3.45. The minimum atomic E-state index is -3.17. The first-order valence-corrected chi connectivity index (χ1v) is 10.7. The van der Waals surface area contributed by atoms with Crippen molar-refractivity contribution in [2.75, 3.05) is 11.6 Å².